The van der Waals surface area contributed by atoms with Gasteiger partial charge < -0.3 is 5.84 Å². The largest absolute Gasteiger partial charge is 0.323 e. The molecule has 0 atom stereocenters. The average Bonchev–Trinajstić information content (AvgIpc) is 2.75. The van der Waals surface area contributed by atoms with E-state index in [9.17, 15) is 0 Å². The van der Waals surface area contributed by atoms with E-state index in [1.807, 2.05) is 16.7 Å². The van der Waals surface area contributed by atoms with E-state index in [2.05, 4.69) is 20.1 Å². The summed E-state index contributed by atoms with van der Waals surface area (Å²) in [5.41, 5.74) is 2.44. The number of imidazole rings is 1. The summed E-state index contributed by atoms with van der Waals surface area (Å²) in [6, 6.07) is 1.90. The van der Waals surface area contributed by atoms with E-state index >= 15 is 0 Å². The maximum absolute atomic E-state index is 5.08. The smallest absolute Gasteiger partial charge is 0.182 e. The van der Waals surface area contributed by atoms with Crippen LogP contribution in [0.5, 0.6) is 0 Å². The van der Waals surface area contributed by atoms with Gasteiger partial charge in [-0.15, -0.1) is 0 Å². The molecule has 6 heteroatoms. The molecule has 0 aliphatic heterocycles. The van der Waals surface area contributed by atoms with Gasteiger partial charge in [-0.05, 0) is 6.07 Å². The highest BCUT2D eigenvalue weighted by Crippen LogP contribution is 2.18. The van der Waals surface area contributed by atoms with Crippen LogP contribution < -0.4 is 5.84 Å². The number of hydrogen-bond acceptors (Lipinski definition) is 5. The van der Waals surface area contributed by atoms with Gasteiger partial charge in [0.1, 0.15) is 11.8 Å². The van der Waals surface area contributed by atoms with E-state index in [4.69, 9.17) is 5.84 Å². The Kier molecular flexibility index (Phi) is 1.22. The van der Waals surface area contributed by atoms with Crippen LogP contribution in [0.15, 0.2) is 23.7 Å². The van der Waals surface area contributed by atoms with Gasteiger partial charge in [-0.25, -0.2) is 15.0 Å². The summed E-state index contributed by atoms with van der Waals surface area (Å²) in [6.07, 6.45) is 4.85. The molecule has 0 saturated heterocycles. The molecule has 68 valence electrons. The molecule has 2 N–H and O–H groups in total. The average molecular weight is 186 g/mol. The first kappa shape index (κ1) is 7.19. The van der Waals surface area contributed by atoms with Crippen LogP contribution in [0.3, 0.4) is 0 Å². The van der Waals surface area contributed by atoms with E-state index in [0.29, 0.717) is 11.5 Å². The first-order valence-corrected chi connectivity index (χ1v) is 4.04. The lowest BCUT2D eigenvalue weighted by atomic mass is 10.4. The second kappa shape index (κ2) is 2.38. The van der Waals surface area contributed by atoms with Crippen molar-refractivity contribution in [2.24, 2.45) is 10.9 Å². The number of hydrazone groups is 1. The van der Waals surface area contributed by atoms with Gasteiger partial charge in [0.05, 0.1) is 11.7 Å². The van der Waals surface area contributed by atoms with Gasteiger partial charge >= 0.3 is 0 Å². The van der Waals surface area contributed by atoms with Gasteiger partial charge in [-0.3, -0.25) is 4.40 Å². The van der Waals surface area contributed by atoms with Crippen LogP contribution in [0.2, 0.25) is 0 Å². The summed E-state index contributed by atoms with van der Waals surface area (Å²) >= 11 is 0. The van der Waals surface area contributed by atoms with Gasteiger partial charge in [-0.1, -0.05) is 0 Å². The molecule has 0 unspecified atom stereocenters. The molecular formula is C8H6N6. The highest BCUT2D eigenvalue weighted by Gasteiger charge is 2.11. The second-order valence-electron chi connectivity index (χ2n) is 2.87. The Bertz CT molecular complexity index is 610. The Morgan fingerprint density at radius 3 is 3.21 bits per heavy atom. The normalized spacial score (nSPS) is 12.3. The number of rotatable bonds is 1. The second-order valence-corrected chi connectivity index (χ2v) is 2.87. The minimum absolute atomic E-state index is 0.662. The molecule has 0 aliphatic carbocycles. The Morgan fingerprint density at radius 1 is 1.43 bits per heavy atom. The van der Waals surface area contributed by atoms with Gasteiger partial charge in [0.2, 0.25) is 0 Å². The van der Waals surface area contributed by atoms with Gasteiger partial charge in [-0.2, -0.15) is 5.10 Å². The summed E-state index contributed by atoms with van der Waals surface area (Å²) in [5.74, 6) is 5.74. The zero-order valence-corrected chi connectivity index (χ0v) is 7.12. The van der Waals surface area contributed by atoms with Crippen LogP contribution in [-0.2, 0) is 0 Å². The Labute approximate surface area is 78.4 Å². The standard InChI is InChI=1S/C8H6N6/c9-12-3-6-13-8-7-5(10-4-11-8)1-2-14(6)7/h1-4H,9H2. The molecule has 0 aliphatic rings. The first-order valence-electron chi connectivity index (χ1n) is 4.04. The zero-order chi connectivity index (χ0) is 9.54. The molecule has 3 aromatic rings. The van der Waals surface area contributed by atoms with E-state index in [0.717, 1.165) is 11.0 Å². The molecule has 0 spiro atoms. The molecule has 0 fully saturated rings. The van der Waals surface area contributed by atoms with Crippen LogP contribution in [0, 0.1) is 0 Å². The van der Waals surface area contributed by atoms with E-state index < -0.39 is 0 Å². The lowest BCUT2D eigenvalue weighted by Gasteiger charge is -1.86. The molecule has 0 aromatic carbocycles. The number of aromatic nitrogens is 4. The maximum atomic E-state index is 5.08. The van der Waals surface area contributed by atoms with Crippen LogP contribution >= 0.6 is 0 Å². The highest BCUT2D eigenvalue weighted by atomic mass is 15.1. The minimum Gasteiger partial charge on any atom is -0.323 e. The fourth-order valence-electron chi connectivity index (χ4n) is 1.55. The van der Waals surface area contributed by atoms with Crippen LogP contribution in [0.1, 0.15) is 5.82 Å². The van der Waals surface area contributed by atoms with E-state index in [1.165, 1.54) is 12.5 Å². The molecule has 0 amide bonds. The van der Waals surface area contributed by atoms with Crippen LogP contribution in [0.25, 0.3) is 16.7 Å². The lowest BCUT2D eigenvalue weighted by Crippen LogP contribution is -1.92. The van der Waals surface area contributed by atoms with Crippen molar-refractivity contribution in [3.05, 3.63) is 24.4 Å². The van der Waals surface area contributed by atoms with Crippen LogP contribution in [0.4, 0.5) is 0 Å². The van der Waals surface area contributed by atoms with Crippen LogP contribution in [-0.4, -0.2) is 25.6 Å². The monoisotopic (exact) mass is 186 g/mol. The number of nitrogens with zero attached hydrogens (tertiary/aromatic N) is 5. The quantitative estimate of drug-likeness (QED) is 0.329. The summed E-state index contributed by atoms with van der Waals surface area (Å²) in [7, 11) is 0. The highest BCUT2D eigenvalue weighted by molar-refractivity contribution is 5.93. The molecule has 6 nitrogen and oxygen atoms in total. The molecule has 14 heavy (non-hydrogen) atoms. The zero-order valence-electron chi connectivity index (χ0n) is 7.12. The van der Waals surface area contributed by atoms with Crippen molar-refractivity contribution >= 4 is 22.9 Å². The van der Waals surface area contributed by atoms with Crippen molar-refractivity contribution in [3.63, 3.8) is 0 Å². The summed E-state index contributed by atoms with van der Waals surface area (Å²) in [4.78, 5) is 12.4. The fourth-order valence-corrected chi connectivity index (χ4v) is 1.55. The molecule has 0 bridgehead atoms. The van der Waals surface area contributed by atoms with Gasteiger partial charge in [0.25, 0.3) is 0 Å². The lowest BCUT2D eigenvalue weighted by molar-refractivity contribution is 1.14. The van der Waals surface area contributed by atoms with Gasteiger partial charge in [0, 0.05) is 6.20 Å². The fraction of sp³-hybridized carbons (Fsp3) is 0. The summed E-state index contributed by atoms with van der Waals surface area (Å²) in [5, 5.41) is 3.44. The third kappa shape index (κ3) is 0.743. The molecule has 3 rings (SSSR count). The third-order valence-electron chi connectivity index (χ3n) is 2.11. The molecular weight excluding hydrogens is 180 g/mol. The van der Waals surface area contributed by atoms with E-state index in [1.54, 1.807) is 0 Å². The Balaban J connectivity index is 2.53. The Morgan fingerprint density at radius 2 is 2.36 bits per heavy atom. The van der Waals surface area contributed by atoms with Crippen molar-refractivity contribution in [1.29, 1.82) is 0 Å². The van der Waals surface area contributed by atoms with E-state index in [-0.39, 0.29) is 0 Å². The summed E-state index contributed by atoms with van der Waals surface area (Å²) < 4.78 is 1.86. The third-order valence-corrected chi connectivity index (χ3v) is 2.11. The predicted molar refractivity (Wildman–Crippen MR) is 51.3 cm³/mol. The van der Waals surface area contributed by atoms with Crippen molar-refractivity contribution < 1.29 is 0 Å². The predicted octanol–water partition coefficient (Wildman–Crippen LogP) is 0.00790. The SMILES string of the molecule is NN=Cc1nc2ncnc3ccn1c32. The topological polar surface area (TPSA) is 81.5 Å². The molecule has 0 radical (unpaired) electrons. The summed E-state index contributed by atoms with van der Waals surface area (Å²) in [6.45, 7) is 0. The Hall–Kier alpha value is -2.24. The van der Waals surface area contributed by atoms with Crippen molar-refractivity contribution in [2.75, 3.05) is 0 Å². The molecule has 3 aromatic heterocycles. The van der Waals surface area contributed by atoms with Crippen molar-refractivity contribution in [2.45, 2.75) is 0 Å². The minimum atomic E-state index is 0.662. The molecule has 3 heterocycles. The van der Waals surface area contributed by atoms with Crippen molar-refractivity contribution in [3.8, 4) is 0 Å². The number of hydrogen-bond donors (Lipinski definition) is 1. The molecule has 0 saturated carbocycles. The van der Waals surface area contributed by atoms with Crippen molar-refractivity contribution in [1.82, 2.24) is 19.4 Å². The maximum Gasteiger partial charge on any atom is 0.182 e. The van der Waals surface area contributed by atoms with Gasteiger partial charge in [0.15, 0.2) is 11.5 Å². The number of nitrogens with two attached hydrogens (primary N) is 1. The first-order chi connectivity index (χ1) is 6.90.